The summed E-state index contributed by atoms with van der Waals surface area (Å²) in [6.45, 7) is 0. The lowest BCUT2D eigenvalue weighted by Crippen LogP contribution is -2.06. The molecule has 0 spiro atoms. The second-order valence-electron chi connectivity index (χ2n) is 2.72. The molecule has 0 atom stereocenters. The maximum atomic E-state index is 10.6. The zero-order valence-electron chi connectivity index (χ0n) is 7.01. The van der Waals surface area contributed by atoms with Crippen molar-refractivity contribution in [2.45, 2.75) is 6.42 Å². The van der Waals surface area contributed by atoms with Gasteiger partial charge in [0, 0.05) is 11.9 Å². The van der Waals surface area contributed by atoms with Gasteiger partial charge in [0.25, 0.3) is 0 Å². The first-order valence-electron chi connectivity index (χ1n) is 3.87. The second-order valence-corrected chi connectivity index (χ2v) is 3.54. The largest absolute Gasteiger partial charge is 0.481 e. The van der Waals surface area contributed by atoms with E-state index in [1.807, 2.05) is 0 Å². The number of carboxylic acid groups (broad SMARTS) is 1. The minimum absolute atomic E-state index is 0.0476. The van der Waals surface area contributed by atoms with E-state index in [1.165, 1.54) is 0 Å². The summed E-state index contributed by atoms with van der Waals surface area (Å²) in [7, 11) is 0. The lowest BCUT2D eigenvalue weighted by Gasteiger charge is -2.01. The van der Waals surface area contributed by atoms with Gasteiger partial charge in [0.15, 0.2) is 0 Å². The Morgan fingerprint density at radius 1 is 1.57 bits per heavy atom. The lowest BCUT2D eigenvalue weighted by molar-refractivity contribution is -0.136. The third kappa shape index (κ3) is 1.48. The molecule has 2 aromatic rings. The zero-order valence-corrected chi connectivity index (χ0v) is 8.60. The number of imidazole rings is 1. The Kier molecular flexibility index (Phi) is 2.20. The highest BCUT2D eigenvalue weighted by molar-refractivity contribution is 9.10. The first kappa shape index (κ1) is 9.14. The SMILES string of the molecule is O=C(O)Cc1ccnc2ncc(Br)n12. The smallest absolute Gasteiger partial charge is 0.309 e. The van der Waals surface area contributed by atoms with Crippen LogP contribution in [0.2, 0.25) is 0 Å². The normalized spacial score (nSPS) is 10.6. The number of aromatic nitrogens is 3. The molecule has 5 nitrogen and oxygen atoms in total. The van der Waals surface area contributed by atoms with Gasteiger partial charge in [0.2, 0.25) is 5.78 Å². The van der Waals surface area contributed by atoms with Crippen LogP contribution in [0.15, 0.2) is 23.1 Å². The van der Waals surface area contributed by atoms with Crippen molar-refractivity contribution in [3.63, 3.8) is 0 Å². The molecule has 0 aliphatic rings. The molecule has 0 unspecified atom stereocenters. The van der Waals surface area contributed by atoms with Gasteiger partial charge < -0.3 is 5.11 Å². The Hall–Kier alpha value is -1.43. The topological polar surface area (TPSA) is 67.5 Å². The molecule has 1 N–H and O–H groups in total. The van der Waals surface area contributed by atoms with E-state index in [-0.39, 0.29) is 6.42 Å². The summed E-state index contributed by atoms with van der Waals surface area (Å²) < 4.78 is 2.37. The van der Waals surface area contributed by atoms with Gasteiger partial charge in [-0.25, -0.2) is 9.97 Å². The Morgan fingerprint density at radius 2 is 2.36 bits per heavy atom. The highest BCUT2D eigenvalue weighted by Crippen LogP contribution is 2.14. The van der Waals surface area contributed by atoms with Crippen LogP contribution in [0.3, 0.4) is 0 Å². The monoisotopic (exact) mass is 255 g/mol. The molecule has 0 saturated heterocycles. The molecule has 14 heavy (non-hydrogen) atoms. The molecule has 0 aliphatic heterocycles. The van der Waals surface area contributed by atoms with Crippen LogP contribution in [-0.4, -0.2) is 25.4 Å². The summed E-state index contributed by atoms with van der Waals surface area (Å²) in [5, 5.41) is 8.69. The summed E-state index contributed by atoms with van der Waals surface area (Å²) in [5.74, 6) is -0.381. The Bertz CT molecular complexity index is 494. The molecule has 0 fully saturated rings. The molecule has 0 aromatic carbocycles. The molecular formula is C8H6BrN3O2. The van der Waals surface area contributed by atoms with Crippen LogP contribution in [0, 0.1) is 0 Å². The predicted molar refractivity (Wildman–Crippen MR) is 52.0 cm³/mol. The number of rotatable bonds is 2. The molecule has 0 saturated carbocycles. The van der Waals surface area contributed by atoms with E-state index in [2.05, 4.69) is 25.9 Å². The van der Waals surface area contributed by atoms with Crippen LogP contribution in [0.5, 0.6) is 0 Å². The van der Waals surface area contributed by atoms with Crippen molar-refractivity contribution in [1.82, 2.24) is 14.4 Å². The highest BCUT2D eigenvalue weighted by atomic mass is 79.9. The molecule has 0 aliphatic carbocycles. The van der Waals surface area contributed by atoms with Gasteiger partial charge in [0.1, 0.15) is 4.60 Å². The van der Waals surface area contributed by atoms with E-state index in [0.717, 1.165) is 0 Å². The van der Waals surface area contributed by atoms with E-state index >= 15 is 0 Å². The van der Waals surface area contributed by atoms with E-state index in [4.69, 9.17) is 5.11 Å². The number of hydrogen-bond acceptors (Lipinski definition) is 3. The van der Waals surface area contributed by atoms with Crippen LogP contribution in [0.4, 0.5) is 0 Å². The summed E-state index contributed by atoms with van der Waals surface area (Å²) in [6, 6.07) is 1.66. The Labute approximate surface area is 87.5 Å². The van der Waals surface area contributed by atoms with Gasteiger partial charge >= 0.3 is 5.97 Å². The fourth-order valence-corrected chi connectivity index (χ4v) is 1.72. The van der Waals surface area contributed by atoms with Crippen molar-refractivity contribution in [2.75, 3.05) is 0 Å². The zero-order chi connectivity index (χ0) is 10.1. The van der Waals surface area contributed by atoms with Crippen molar-refractivity contribution < 1.29 is 9.90 Å². The molecule has 72 valence electrons. The first-order valence-corrected chi connectivity index (χ1v) is 4.66. The van der Waals surface area contributed by atoms with Crippen LogP contribution in [-0.2, 0) is 11.2 Å². The standard InChI is InChI=1S/C8H6BrN3O2/c9-6-4-11-8-10-2-1-5(12(6)8)3-7(13)14/h1-2,4H,3H2,(H,13,14). The Balaban J connectivity index is 2.63. The van der Waals surface area contributed by atoms with Crippen molar-refractivity contribution in [1.29, 1.82) is 0 Å². The van der Waals surface area contributed by atoms with Crippen LogP contribution in [0.25, 0.3) is 5.78 Å². The fraction of sp³-hybridized carbons (Fsp3) is 0.125. The Morgan fingerprint density at radius 3 is 3.07 bits per heavy atom. The van der Waals surface area contributed by atoms with Crippen molar-refractivity contribution in [3.8, 4) is 0 Å². The third-order valence-corrected chi connectivity index (χ3v) is 2.34. The average Bonchev–Trinajstić information content (AvgIpc) is 2.48. The van der Waals surface area contributed by atoms with E-state index < -0.39 is 5.97 Å². The third-order valence-electron chi connectivity index (χ3n) is 1.78. The number of hydrogen-bond donors (Lipinski definition) is 1. The number of fused-ring (bicyclic) bond motifs is 1. The summed E-state index contributed by atoms with van der Waals surface area (Å²) in [6.07, 6.45) is 3.09. The van der Waals surface area contributed by atoms with E-state index in [1.54, 1.807) is 22.9 Å². The average molecular weight is 256 g/mol. The summed E-state index contributed by atoms with van der Waals surface area (Å²) in [5.41, 5.74) is 0.645. The maximum Gasteiger partial charge on any atom is 0.309 e. The van der Waals surface area contributed by atoms with E-state index in [9.17, 15) is 4.79 Å². The number of carboxylic acids is 1. The van der Waals surface area contributed by atoms with Gasteiger partial charge in [0.05, 0.1) is 12.6 Å². The van der Waals surface area contributed by atoms with E-state index in [0.29, 0.717) is 16.1 Å². The van der Waals surface area contributed by atoms with Gasteiger partial charge in [-0.3, -0.25) is 9.20 Å². The van der Waals surface area contributed by atoms with Crippen LogP contribution in [0.1, 0.15) is 5.69 Å². The number of aliphatic carboxylic acids is 1. The lowest BCUT2D eigenvalue weighted by atomic mass is 10.3. The van der Waals surface area contributed by atoms with Gasteiger partial charge in [-0.2, -0.15) is 0 Å². The molecule has 2 rings (SSSR count). The first-order chi connectivity index (χ1) is 6.68. The molecule has 6 heteroatoms. The van der Waals surface area contributed by atoms with Crippen molar-refractivity contribution >= 4 is 27.7 Å². The molecule has 0 bridgehead atoms. The van der Waals surface area contributed by atoms with Crippen LogP contribution < -0.4 is 0 Å². The van der Waals surface area contributed by atoms with Gasteiger partial charge in [-0.15, -0.1) is 0 Å². The van der Waals surface area contributed by atoms with Gasteiger partial charge in [-0.1, -0.05) is 0 Å². The summed E-state index contributed by atoms with van der Waals surface area (Å²) in [4.78, 5) is 18.6. The van der Waals surface area contributed by atoms with Gasteiger partial charge in [-0.05, 0) is 22.0 Å². The highest BCUT2D eigenvalue weighted by Gasteiger charge is 2.08. The van der Waals surface area contributed by atoms with Crippen molar-refractivity contribution in [2.24, 2.45) is 0 Å². The molecule has 0 radical (unpaired) electrons. The second kappa shape index (κ2) is 3.38. The number of carbonyl (C=O) groups is 1. The molecular weight excluding hydrogens is 250 g/mol. The van der Waals surface area contributed by atoms with Crippen molar-refractivity contribution in [3.05, 3.63) is 28.8 Å². The maximum absolute atomic E-state index is 10.6. The minimum atomic E-state index is -0.877. The summed E-state index contributed by atoms with van der Waals surface area (Å²) >= 11 is 3.28. The minimum Gasteiger partial charge on any atom is -0.481 e. The number of halogens is 1. The molecule has 0 amide bonds. The van der Waals surface area contributed by atoms with Crippen LogP contribution >= 0.6 is 15.9 Å². The molecule has 2 aromatic heterocycles. The molecule has 2 heterocycles. The predicted octanol–water partition coefficient (Wildman–Crippen LogP) is 1.12. The number of nitrogens with zero attached hydrogens (tertiary/aromatic N) is 3. The fourth-order valence-electron chi connectivity index (χ4n) is 1.24. The quantitative estimate of drug-likeness (QED) is 0.874.